The molecule has 0 saturated heterocycles. The smallest absolute Gasteiger partial charge is 0.130 e. The number of hydrogen-bond donors (Lipinski definition) is 1. The van der Waals surface area contributed by atoms with E-state index in [4.69, 9.17) is 16.3 Å². The van der Waals surface area contributed by atoms with Crippen LogP contribution in [0.5, 0.6) is 5.75 Å². The number of ether oxygens (including phenoxy) is 1. The first-order valence-electron chi connectivity index (χ1n) is 7.41. The molecule has 0 aliphatic heterocycles. The van der Waals surface area contributed by atoms with Crippen LogP contribution < -0.4 is 10.1 Å². The van der Waals surface area contributed by atoms with Gasteiger partial charge in [-0.3, -0.25) is 4.98 Å². The van der Waals surface area contributed by atoms with Gasteiger partial charge < -0.3 is 10.1 Å². The molecule has 3 aromatic rings. The molecule has 0 radical (unpaired) electrons. The van der Waals surface area contributed by atoms with E-state index in [1.807, 2.05) is 54.6 Å². The maximum Gasteiger partial charge on any atom is 0.130 e. The van der Waals surface area contributed by atoms with Gasteiger partial charge in [0.15, 0.2) is 0 Å². The summed E-state index contributed by atoms with van der Waals surface area (Å²) in [6.07, 6.45) is 1.75. The highest BCUT2D eigenvalue weighted by Gasteiger charge is 2.03. The van der Waals surface area contributed by atoms with Crippen molar-refractivity contribution in [1.82, 2.24) is 4.98 Å². The zero-order valence-corrected chi connectivity index (χ0v) is 13.3. The van der Waals surface area contributed by atoms with Crippen molar-refractivity contribution in [3.05, 3.63) is 89.2 Å². The first-order valence-corrected chi connectivity index (χ1v) is 7.79. The van der Waals surface area contributed by atoms with Crippen molar-refractivity contribution in [2.24, 2.45) is 0 Å². The molecule has 1 heterocycles. The van der Waals surface area contributed by atoms with Crippen molar-refractivity contribution in [3.8, 4) is 5.75 Å². The van der Waals surface area contributed by atoms with Crippen LogP contribution in [0.1, 0.15) is 11.3 Å². The van der Waals surface area contributed by atoms with Gasteiger partial charge in [-0.25, -0.2) is 0 Å². The van der Waals surface area contributed by atoms with Crippen LogP contribution in [-0.2, 0) is 13.2 Å². The van der Waals surface area contributed by atoms with E-state index >= 15 is 0 Å². The van der Waals surface area contributed by atoms with E-state index in [1.165, 1.54) is 5.56 Å². The number of nitrogens with one attached hydrogen (secondary N) is 1. The van der Waals surface area contributed by atoms with E-state index in [0.29, 0.717) is 11.6 Å². The van der Waals surface area contributed by atoms with E-state index in [0.717, 1.165) is 23.7 Å². The molecule has 0 bridgehead atoms. The summed E-state index contributed by atoms with van der Waals surface area (Å²) in [4.78, 5) is 4.23. The zero-order chi connectivity index (χ0) is 15.9. The molecule has 0 spiro atoms. The molecule has 0 atom stereocenters. The number of anilines is 1. The Bertz CT molecular complexity index is 748. The summed E-state index contributed by atoms with van der Waals surface area (Å²) in [6.45, 7) is 1.16. The third-order valence-electron chi connectivity index (χ3n) is 3.38. The Morgan fingerprint density at radius 1 is 0.957 bits per heavy atom. The second kappa shape index (κ2) is 7.65. The lowest BCUT2D eigenvalue weighted by molar-refractivity contribution is 0.301. The molecule has 0 fully saturated rings. The molecule has 0 aliphatic rings. The molecule has 4 heteroatoms. The summed E-state index contributed by atoms with van der Waals surface area (Å²) in [7, 11) is 0. The first-order chi connectivity index (χ1) is 11.3. The summed E-state index contributed by atoms with van der Waals surface area (Å²) in [6, 6.07) is 21.6. The van der Waals surface area contributed by atoms with Crippen LogP contribution in [0.3, 0.4) is 0 Å². The van der Waals surface area contributed by atoms with Gasteiger partial charge in [0.2, 0.25) is 0 Å². The predicted molar refractivity (Wildman–Crippen MR) is 93.8 cm³/mol. The highest BCUT2D eigenvalue weighted by Crippen LogP contribution is 2.27. The van der Waals surface area contributed by atoms with Crippen LogP contribution in [0, 0.1) is 0 Å². The van der Waals surface area contributed by atoms with E-state index in [9.17, 15) is 0 Å². The molecular weight excluding hydrogens is 308 g/mol. The summed E-state index contributed by atoms with van der Waals surface area (Å²) >= 11 is 6.32. The minimum atomic E-state index is 0.425. The second-order valence-electron chi connectivity index (χ2n) is 5.09. The van der Waals surface area contributed by atoms with Crippen LogP contribution in [0.4, 0.5) is 5.69 Å². The highest BCUT2D eigenvalue weighted by molar-refractivity contribution is 6.33. The molecule has 3 nitrogen and oxygen atoms in total. The summed E-state index contributed by atoms with van der Waals surface area (Å²) in [5.74, 6) is 0.728. The first kappa shape index (κ1) is 15.4. The number of benzene rings is 2. The number of rotatable bonds is 6. The van der Waals surface area contributed by atoms with Crippen LogP contribution in [0.15, 0.2) is 72.9 Å². The third kappa shape index (κ3) is 4.47. The molecule has 1 aromatic heterocycles. The van der Waals surface area contributed by atoms with Gasteiger partial charge in [0.1, 0.15) is 12.4 Å². The normalized spacial score (nSPS) is 10.3. The fourth-order valence-corrected chi connectivity index (χ4v) is 2.40. The number of hydrogen-bond acceptors (Lipinski definition) is 3. The van der Waals surface area contributed by atoms with Crippen molar-refractivity contribution < 1.29 is 4.74 Å². The molecule has 1 N–H and O–H groups in total. The largest absolute Gasteiger partial charge is 0.487 e. The van der Waals surface area contributed by atoms with Crippen molar-refractivity contribution >= 4 is 17.3 Å². The molecular formula is C19H17ClN2O. The fraction of sp³-hybridized carbons (Fsp3) is 0.105. The Labute approximate surface area is 140 Å². The Hall–Kier alpha value is -2.52. The molecule has 0 aliphatic carbocycles. The number of halogens is 1. The fourth-order valence-electron chi connectivity index (χ4n) is 2.16. The van der Waals surface area contributed by atoms with Crippen molar-refractivity contribution in [2.45, 2.75) is 13.2 Å². The van der Waals surface area contributed by atoms with Gasteiger partial charge in [-0.15, -0.1) is 0 Å². The standard InChI is InChI=1S/C19H17ClN2O/c20-18-12-17(23-14-16-8-4-5-11-21-16)9-10-19(18)22-13-15-6-2-1-3-7-15/h1-12,22H,13-14H2. The molecule has 0 saturated carbocycles. The van der Waals surface area contributed by atoms with Crippen molar-refractivity contribution in [1.29, 1.82) is 0 Å². The Morgan fingerprint density at radius 2 is 1.78 bits per heavy atom. The van der Waals surface area contributed by atoms with E-state index in [1.54, 1.807) is 6.20 Å². The molecule has 2 aromatic carbocycles. The quantitative estimate of drug-likeness (QED) is 0.698. The molecule has 23 heavy (non-hydrogen) atoms. The van der Waals surface area contributed by atoms with Gasteiger partial charge in [-0.05, 0) is 29.8 Å². The van der Waals surface area contributed by atoms with Gasteiger partial charge in [-0.1, -0.05) is 48.0 Å². The lowest BCUT2D eigenvalue weighted by atomic mass is 10.2. The minimum Gasteiger partial charge on any atom is -0.487 e. The Kier molecular flexibility index (Phi) is 5.12. The average molecular weight is 325 g/mol. The van der Waals surface area contributed by atoms with Gasteiger partial charge in [0.25, 0.3) is 0 Å². The molecule has 0 unspecified atom stereocenters. The van der Waals surface area contributed by atoms with E-state index in [-0.39, 0.29) is 0 Å². The van der Waals surface area contributed by atoms with Crippen LogP contribution in [0.25, 0.3) is 0 Å². The molecule has 3 rings (SSSR count). The van der Waals surface area contributed by atoms with Gasteiger partial charge >= 0.3 is 0 Å². The van der Waals surface area contributed by atoms with Crippen molar-refractivity contribution in [2.75, 3.05) is 5.32 Å². The lowest BCUT2D eigenvalue weighted by Crippen LogP contribution is -2.01. The summed E-state index contributed by atoms with van der Waals surface area (Å²) < 4.78 is 5.72. The van der Waals surface area contributed by atoms with E-state index < -0.39 is 0 Å². The number of pyridine rings is 1. The van der Waals surface area contributed by atoms with Gasteiger partial charge in [-0.2, -0.15) is 0 Å². The number of aromatic nitrogens is 1. The lowest BCUT2D eigenvalue weighted by Gasteiger charge is -2.11. The van der Waals surface area contributed by atoms with Gasteiger partial charge in [0, 0.05) is 18.8 Å². The SMILES string of the molecule is Clc1cc(OCc2ccccn2)ccc1NCc1ccccc1. The van der Waals surface area contributed by atoms with E-state index in [2.05, 4.69) is 22.4 Å². The zero-order valence-electron chi connectivity index (χ0n) is 12.6. The third-order valence-corrected chi connectivity index (χ3v) is 3.69. The topological polar surface area (TPSA) is 34.1 Å². The highest BCUT2D eigenvalue weighted by atomic mass is 35.5. The molecule has 116 valence electrons. The molecule has 0 amide bonds. The van der Waals surface area contributed by atoms with Crippen LogP contribution in [-0.4, -0.2) is 4.98 Å². The number of nitrogens with zero attached hydrogens (tertiary/aromatic N) is 1. The second-order valence-corrected chi connectivity index (χ2v) is 5.50. The Morgan fingerprint density at radius 3 is 2.52 bits per heavy atom. The maximum atomic E-state index is 6.32. The average Bonchev–Trinajstić information content (AvgIpc) is 2.61. The van der Waals surface area contributed by atoms with Crippen molar-refractivity contribution in [3.63, 3.8) is 0 Å². The maximum absolute atomic E-state index is 6.32. The predicted octanol–water partition coefficient (Wildman–Crippen LogP) is 4.93. The van der Waals surface area contributed by atoms with Crippen LogP contribution >= 0.6 is 11.6 Å². The summed E-state index contributed by atoms with van der Waals surface area (Å²) in [5.41, 5.74) is 2.98. The monoisotopic (exact) mass is 324 g/mol. The Balaban J connectivity index is 1.59. The van der Waals surface area contributed by atoms with Gasteiger partial charge in [0.05, 0.1) is 16.4 Å². The van der Waals surface area contributed by atoms with Crippen LogP contribution in [0.2, 0.25) is 5.02 Å². The minimum absolute atomic E-state index is 0.425. The summed E-state index contributed by atoms with van der Waals surface area (Å²) in [5, 5.41) is 3.97.